The summed E-state index contributed by atoms with van der Waals surface area (Å²) in [4.78, 5) is 41.5. The SMILES string of the molecule is CNC(=O)[C@H]1[C@H]2C(=O)N(CCCCO)C(C(=O)Nc3ccc(Cl)cc3)C23CC(Br)[C@@H]1S3. The van der Waals surface area contributed by atoms with Crippen LogP contribution in [0.5, 0.6) is 0 Å². The molecule has 0 aromatic heterocycles. The second kappa shape index (κ2) is 8.92. The lowest BCUT2D eigenvalue weighted by Crippen LogP contribution is -2.53. The van der Waals surface area contributed by atoms with Gasteiger partial charge in [-0.2, -0.15) is 0 Å². The van der Waals surface area contributed by atoms with Gasteiger partial charge in [0.25, 0.3) is 0 Å². The van der Waals surface area contributed by atoms with Crippen LogP contribution in [0.25, 0.3) is 0 Å². The molecule has 1 aromatic carbocycles. The molecule has 0 saturated carbocycles. The van der Waals surface area contributed by atoms with Gasteiger partial charge in [0.05, 0.1) is 16.6 Å². The number of amides is 3. The van der Waals surface area contributed by atoms with Gasteiger partial charge in [0.15, 0.2) is 0 Å². The molecule has 0 aliphatic carbocycles. The Kier molecular flexibility index (Phi) is 6.59. The number of aliphatic hydroxyl groups excluding tert-OH is 1. The molecule has 1 spiro atoms. The molecule has 3 unspecified atom stereocenters. The van der Waals surface area contributed by atoms with E-state index in [-0.39, 0.29) is 34.4 Å². The summed E-state index contributed by atoms with van der Waals surface area (Å²) in [5.74, 6) is -1.57. The summed E-state index contributed by atoms with van der Waals surface area (Å²) in [7, 11) is 1.58. The smallest absolute Gasteiger partial charge is 0.248 e. The van der Waals surface area contributed by atoms with Crippen LogP contribution in [0.1, 0.15) is 19.3 Å². The minimum Gasteiger partial charge on any atom is -0.396 e. The second-order valence-electron chi connectivity index (χ2n) is 8.24. The molecule has 0 radical (unpaired) electrons. The summed E-state index contributed by atoms with van der Waals surface area (Å²) in [6.07, 6.45) is 1.77. The molecule has 2 bridgehead atoms. The molecular weight excluding hydrogens is 506 g/mol. The van der Waals surface area contributed by atoms with E-state index in [2.05, 4.69) is 26.6 Å². The van der Waals surface area contributed by atoms with Gasteiger partial charge in [-0.15, -0.1) is 11.8 Å². The van der Waals surface area contributed by atoms with Gasteiger partial charge in [0.1, 0.15) is 6.04 Å². The fraction of sp³-hybridized carbons (Fsp3) is 0.571. The highest BCUT2D eigenvalue weighted by Gasteiger charge is 2.75. The lowest BCUT2D eigenvalue weighted by molar-refractivity contribution is -0.139. The standard InChI is InChI=1S/C21H25BrClN3O4S/c1-24-18(28)14-15-20(30)26(8-2-3-9-27)17(21(15)10-13(22)16(14)31-21)19(29)25-12-6-4-11(23)5-7-12/h4-7,13-17,27H,2-3,8-10H2,1H3,(H,24,28)(H,25,29)/t13?,14-,15-,16-,17?,21?/m0/s1. The maximum absolute atomic E-state index is 13.6. The van der Waals surface area contributed by atoms with E-state index in [9.17, 15) is 19.5 Å². The number of thioether (sulfide) groups is 1. The number of fused-ring (bicyclic) bond motifs is 1. The molecule has 4 rings (SSSR count). The van der Waals surface area contributed by atoms with Gasteiger partial charge in [0, 0.05) is 41.0 Å². The first-order valence-electron chi connectivity index (χ1n) is 10.4. The average molecular weight is 531 g/mol. The van der Waals surface area contributed by atoms with Gasteiger partial charge in [-0.25, -0.2) is 0 Å². The normalized spacial score (nSPS) is 33.5. The zero-order valence-corrected chi connectivity index (χ0v) is 20.2. The van der Waals surface area contributed by atoms with Crippen molar-refractivity contribution >= 4 is 62.7 Å². The zero-order chi connectivity index (χ0) is 22.3. The van der Waals surface area contributed by atoms with Gasteiger partial charge in [-0.3, -0.25) is 14.4 Å². The minimum absolute atomic E-state index is 0.0272. The van der Waals surface area contributed by atoms with E-state index < -0.39 is 22.6 Å². The third-order valence-electron chi connectivity index (χ3n) is 6.51. The lowest BCUT2D eigenvalue weighted by atomic mass is 9.70. The van der Waals surface area contributed by atoms with E-state index in [0.29, 0.717) is 36.5 Å². The number of hydrogen-bond donors (Lipinski definition) is 3. The lowest BCUT2D eigenvalue weighted by Gasteiger charge is -2.35. The molecule has 31 heavy (non-hydrogen) atoms. The maximum atomic E-state index is 13.6. The molecule has 7 nitrogen and oxygen atoms in total. The van der Waals surface area contributed by atoms with Crippen LogP contribution in [-0.4, -0.2) is 68.8 Å². The highest BCUT2D eigenvalue weighted by Crippen LogP contribution is 2.67. The maximum Gasteiger partial charge on any atom is 0.248 e. The van der Waals surface area contributed by atoms with Crippen LogP contribution in [0.2, 0.25) is 5.02 Å². The van der Waals surface area contributed by atoms with Crippen molar-refractivity contribution in [3.8, 4) is 0 Å². The summed E-state index contributed by atoms with van der Waals surface area (Å²) in [5, 5.41) is 15.4. The molecule has 6 atom stereocenters. The van der Waals surface area contributed by atoms with Crippen LogP contribution in [0, 0.1) is 11.8 Å². The Labute approximate surface area is 198 Å². The van der Waals surface area contributed by atoms with Crippen molar-refractivity contribution in [2.24, 2.45) is 11.8 Å². The quantitative estimate of drug-likeness (QED) is 0.371. The topological polar surface area (TPSA) is 98.7 Å². The molecule has 3 amide bonds. The number of hydrogen-bond acceptors (Lipinski definition) is 5. The molecule has 3 N–H and O–H groups in total. The molecule has 1 aromatic rings. The molecule has 10 heteroatoms. The van der Waals surface area contributed by atoms with E-state index in [1.807, 2.05) is 0 Å². The number of carbonyl (C=O) groups excluding carboxylic acids is 3. The highest BCUT2D eigenvalue weighted by atomic mass is 79.9. The van der Waals surface area contributed by atoms with Crippen molar-refractivity contribution in [2.45, 2.75) is 40.1 Å². The van der Waals surface area contributed by atoms with Crippen LogP contribution in [-0.2, 0) is 14.4 Å². The highest BCUT2D eigenvalue weighted by molar-refractivity contribution is 9.09. The van der Waals surface area contributed by atoms with Gasteiger partial charge in [-0.05, 0) is 43.5 Å². The first-order valence-corrected chi connectivity index (χ1v) is 12.5. The van der Waals surface area contributed by atoms with Gasteiger partial charge in [0.2, 0.25) is 17.7 Å². The number of carbonyl (C=O) groups is 3. The van der Waals surface area contributed by atoms with Gasteiger partial charge in [-0.1, -0.05) is 27.5 Å². The van der Waals surface area contributed by atoms with E-state index in [0.717, 1.165) is 0 Å². The van der Waals surface area contributed by atoms with Crippen molar-refractivity contribution in [1.29, 1.82) is 0 Å². The number of halogens is 2. The van der Waals surface area contributed by atoms with Crippen LogP contribution in [0.15, 0.2) is 24.3 Å². The number of nitrogens with one attached hydrogen (secondary N) is 2. The van der Waals surface area contributed by atoms with E-state index >= 15 is 0 Å². The predicted octanol–water partition coefficient (Wildman–Crippen LogP) is 2.26. The summed E-state index contributed by atoms with van der Waals surface area (Å²) >= 11 is 11.3. The monoisotopic (exact) mass is 529 g/mol. The van der Waals surface area contributed by atoms with Crippen molar-refractivity contribution in [1.82, 2.24) is 10.2 Å². The molecular formula is C21H25BrClN3O4S. The fourth-order valence-electron chi connectivity index (χ4n) is 5.27. The predicted molar refractivity (Wildman–Crippen MR) is 124 cm³/mol. The van der Waals surface area contributed by atoms with Crippen LogP contribution >= 0.6 is 39.3 Å². The molecule has 3 aliphatic rings. The first kappa shape index (κ1) is 22.9. The molecule has 3 heterocycles. The molecule has 3 saturated heterocycles. The van der Waals surface area contributed by atoms with Crippen molar-refractivity contribution < 1.29 is 19.5 Å². The Balaban J connectivity index is 1.69. The van der Waals surface area contributed by atoms with Gasteiger partial charge < -0.3 is 20.6 Å². The van der Waals surface area contributed by atoms with Crippen LogP contribution in [0.3, 0.4) is 0 Å². The fourth-order valence-corrected chi connectivity index (χ4v) is 9.01. The van der Waals surface area contributed by atoms with Crippen molar-refractivity contribution in [3.05, 3.63) is 29.3 Å². The first-order chi connectivity index (χ1) is 14.8. The Morgan fingerprint density at radius 2 is 2.00 bits per heavy atom. The Hall–Kier alpha value is -1.29. The number of aliphatic hydroxyl groups is 1. The summed E-state index contributed by atoms with van der Waals surface area (Å²) in [5.41, 5.74) is 0.604. The Bertz CT molecular complexity index is 888. The average Bonchev–Trinajstić information content (AvgIpc) is 3.33. The number of likely N-dealkylation sites (tertiary alicyclic amines) is 1. The zero-order valence-electron chi connectivity index (χ0n) is 17.0. The number of anilines is 1. The minimum atomic E-state index is -0.691. The third kappa shape index (κ3) is 3.77. The van der Waals surface area contributed by atoms with E-state index in [4.69, 9.17) is 11.6 Å². The number of nitrogens with zero attached hydrogens (tertiary/aromatic N) is 1. The number of alkyl halides is 1. The molecule has 168 valence electrons. The van der Waals surface area contributed by atoms with Crippen LogP contribution < -0.4 is 10.6 Å². The van der Waals surface area contributed by atoms with Crippen molar-refractivity contribution in [3.63, 3.8) is 0 Å². The summed E-state index contributed by atoms with van der Waals surface area (Å²) in [6.45, 7) is 0.397. The molecule has 3 fully saturated rings. The van der Waals surface area contributed by atoms with Crippen molar-refractivity contribution in [2.75, 3.05) is 25.5 Å². The Morgan fingerprint density at radius 1 is 1.29 bits per heavy atom. The number of benzene rings is 1. The van der Waals surface area contributed by atoms with Crippen LogP contribution in [0.4, 0.5) is 5.69 Å². The number of rotatable bonds is 7. The second-order valence-corrected chi connectivity index (χ2v) is 11.4. The van der Waals surface area contributed by atoms with E-state index in [1.54, 1.807) is 48.0 Å². The van der Waals surface area contributed by atoms with E-state index in [1.165, 1.54) is 0 Å². The molecule has 3 aliphatic heterocycles. The third-order valence-corrected chi connectivity index (χ3v) is 9.98. The summed E-state index contributed by atoms with van der Waals surface area (Å²) in [6, 6.07) is 6.15. The Morgan fingerprint density at radius 3 is 2.65 bits per heavy atom. The summed E-state index contributed by atoms with van der Waals surface area (Å²) < 4.78 is -0.664. The number of unbranched alkanes of at least 4 members (excludes halogenated alkanes) is 1. The van der Waals surface area contributed by atoms with Gasteiger partial charge >= 0.3 is 0 Å². The largest absolute Gasteiger partial charge is 0.396 e.